The van der Waals surface area contributed by atoms with Gasteiger partial charge in [0.05, 0.1) is 0 Å². The standard InChI is InChI=1S/C7H11N3O2.ClH/c1-5-4-6(10-12-5)7(11)9-3-2-8;/h4H,2-3,8H2,1H3,(H,9,11);1H. The third-order valence-electron chi connectivity index (χ3n) is 1.29. The SMILES string of the molecule is Cc1cc(C(=O)NCCN)no1.Cl. The van der Waals surface area contributed by atoms with Crippen molar-refractivity contribution in [1.82, 2.24) is 10.5 Å². The lowest BCUT2D eigenvalue weighted by atomic mass is 10.3. The molecular formula is C7H12ClN3O2. The van der Waals surface area contributed by atoms with Gasteiger partial charge in [-0.2, -0.15) is 0 Å². The van der Waals surface area contributed by atoms with Crippen LogP contribution in [0.15, 0.2) is 10.6 Å². The zero-order valence-corrected chi connectivity index (χ0v) is 8.06. The Kier molecular flexibility index (Phi) is 5.10. The molecule has 1 rings (SSSR count). The highest BCUT2D eigenvalue weighted by Crippen LogP contribution is 2.00. The lowest BCUT2D eigenvalue weighted by Crippen LogP contribution is -2.29. The van der Waals surface area contributed by atoms with Crippen molar-refractivity contribution in [2.24, 2.45) is 5.73 Å². The molecule has 0 unspecified atom stereocenters. The Morgan fingerprint density at radius 2 is 2.46 bits per heavy atom. The molecule has 6 heteroatoms. The monoisotopic (exact) mass is 205 g/mol. The number of aromatic nitrogens is 1. The Morgan fingerprint density at radius 3 is 2.92 bits per heavy atom. The summed E-state index contributed by atoms with van der Waals surface area (Å²) in [5.41, 5.74) is 5.49. The highest BCUT2D eigenvalue weighted by Gasteiger charge is 2.08. The Balaban J connectivity index is 0.00000144. The molecule has 0 aliphatic carbocycles. The number of hydrogen-bond acceptors (Lipinski definition) is 4. The zero-order valence-electron chi connectivity index (χ0n) is 7.24. The van der Waals surface area contributed by atoms with Gasteiger partial charge in [-0.3, -0.25) is 4.79 Å². The molecule has 0 spiro atoms. The Bertz CT molecular complexity index is 274. The van der Waals surface area contributed by atoms with Gasteiger partial charge in [-0.1, -0.05) is 5.16 Å². The van der Waals surface area contributed by atoms with Crippen LogP contribution in [0.3, 0.4) is 0 Å². The highest BCUT2D eigenvalue weighted by atomic mass is 35.5. The van der Waals surface area contributed by atoms with Crippen LogP contribution < -0.4 is 11.1 Å². The fourth-order valence-electron chi connectivity index (χ4n) is 0.750. The summed E-state index contributed by atoms with van der Waals surface area (Å²) in [5, 5.41) is 6.12. The van der Waals surface area contributed by atoms with Gasteiger partial charge in [0.15, 0.2) is 5.69 Å². The topological polar surface area (TPSA) is 81.2 Å². The molecule has 74 valence electrons. The first-order chi connectivity index (χ1) is 5.74. The number of carbonyl (C=O) groups excluding carboxylic acids is 1. The van der Waals surface area contributed by atoms with Crippen molar-refractivity contribution in [2.75, 3.05) is 13.1 Å². The largest absolute Gasteiger partial charge is 0.361 e. The van der Waals surface area contributed by atoms with Crippen LogP contribution in [0.2, 0.25) is 0 Å². The second-order valence-corrected chi connectivity index (χ2v) is 2.37. The van der Waals surface area contributed by atoms with Crippen molar-refractivity contribution < 1.29 is 9.32 Å². The van der Waals surface area contributed by atoms with Gasteiger partial charge in [-0.25, -0.2) is 0 Å². The van der Waals surface area contributed by atoms with E-state index in [-0.39, 0.29) is 18.3 Å². The molecule has 13 heavy (non-hydrogen) atoms. The summed E-state index contributed by atoms with van der Waals surface area (Å²) in [4.78, 5) is 11.1. The number of amides is 1. The summed E-state index contributed by atoms with van der Waals surface area (Å²) in [7, 11) is 0. The van der Waals surface area contributed by atoms with Gasteiger partial charge < -0.3 is 15.6 Å². The molecule has 0 aliphatic rings. The maximum atomic E-state index is 11.1. The molecule has 5 nitrogen and oxygen atoms in total. The molecule has 0 bridgehead atoms. The van der Waals surface area contributed by atoms with Crippen LogP contribution in [-0.2, 0) is 0 Å². The van der Waals surface area contributed by atoms with E-state index in [1.165, 1.54) is 0 Å². The van der Waals surface area contributed by atoms with E-state index < -0.39 is 0 Å². The van der Waals surface area contributed by atoms with Crippen LogP contribution >= 0.6 is 12.4 Å². The Labute approximate surface area is 82.1 Å². The molecule has 1 aromatic heterocycles. The van der Waals surface area contributed by atoms with E-state index in [1.807, 2.05) is 0 Å². The minimum atomic E-state index is -0.252. The number of aryl methyl sites for hydroxylation is 1. The van der Waals surface area contributed by atoms with Crippen LogP contribution in [0.5, 0.6) is 0 Å². The fourth-order valence-corrected chi connectivity index (χ4v) is 0.750. The van der Waals surface area contributed by atoms with Gasteiger partial charge in [-0.15, -0.1) is 12.4 Å². The van der Waals surface area contributed by atoms with Crippen molar-refractivity contribution in [3.63, 3.8) is 0 Å². The lowest BCUT2D eigenvalue weighted by Gasteiger charge is -1.97. The molecule has 0 saturated carbocycles. The number of carbonyl (C=O) groups is 1. The summed E-state index contributed by atoms with van der Waals surface area (Å²) in [5.74, 6) is 0.366. The third-order valence-corrected chi connectivity index (χ3v) is 1.29. The van der Waals surface area contributed by atoms with E-state index in [1.54, 1.807) is 13.0 Å². The normalized spacial score (nSPS) is 9.08. The zero-order chi connectivity index (χ0) is 8.97. The van der Waals surface area contributed by atoms with Crippen molar-refractivity contribution >= 4 is 18.3 Å². The van der Waals surface area contributed by atoms with Gasteiger partial charge in [0.2, 0.25) is 0 Å². The molecule has 0 fully saturated rings. The van der Waals surface area contributed by atoms with E-state index >= 15 is 0 Å². The predicted octanol–water partition coefficient (Wildman–Crippen LogP) is 0.0933. The number of nitrogens with zero attached hydrogens (tertiary/aromatic N) is 1. The van der Waals surface area contributed by atoms with E-state index in [0.29, 0.717) is 24.5 Å². The van der Waals surface area contributed by atoms with E-state index in [0.717, 1.165) is 0 Å². The van der Waals surface area contributed by atoms with E-state index in [4.69, 9.17) is 10.3 Å². The van der Waals surface area contributed by atoms with Crippen LogP contribution in [-0.4, -0.2) is 24.2 Å². The molecule has 0 radical (unpaired) electrons. The quantitative estimate of drug-likeness (QED) is 0.733. The van der Waals surface area contributed by atoms with Crippen LogP contribution in [0, 0.1) is 6.92 Å². The minimum absolute atomic E-state index is 0. The Morgan fingerprint density at radius 1 is 1.77 bits per heavy atom. The maximum absolute atomic E-state index is 11.1. The van der Waals surface area contributed by atoms with Gasteiger partial charge in [-0.05, 0) is 6.92 Å². The number of nitrogens with two attached hydrogens (primary N) is 1. The van der Waals surface area contributed by atoms with Crippen LogP contribution in [0.4, 0.5) is 0 Å². The number of halogens is 1. The highest BCUT2D eigenvalue weighted by molar-refractivity contribution is 5.92. The number of nitrogens with one attached hydrogen (secondary N) is 1. The molecule has 1 amide bonds. The molecule has 3 N–H and O–H groups in total. The first kappa shape index (κ1) is 11.9. The van der Waals surface area contributed by atoms with Crippen molar-refractivity contribution in [3.8, 4) is 0 Å². The summed E-state index contributed by atoms with van der Waals surface area (Å²) in [6, 6.07) is 1.58. The smallest absolute Gasteiger partial charge is 0.273 e. The number of hydrogen-bond donors (Lipinski definition) is 2. The molecule has 0 aromatic carbocycles. The summed E-state index contributed by atoms with van der Waals surface area (Å²) in [6.07, 6.45) is 0. The molecule has 0 saturated heterocycles. The molecular weight excluding hydrogens is 194 g/mol. The second-order valence-electron chi connectivity index (χ2n) is 2.37. The average molecular weight is 206 g/mol. The summed E-state index contributed by atoms with van der Waals surface area (Å²) < 4.78 is 4.72. The van der Waals surface area contributed by atoms with Crippen LogP contribution in [0.1, 0.15) is 16.2 Å². The van der Waals surface area contributed by atoms with Gasteiger partial charge >= 0.3 is 0 Å². The lowest BCUT2D eigenvalue weighted by molar-refractivity contribution is 0.0945. The first-order valence-corrected chi connectivity index (χ1v) is 3.65. The van der Waals surface area contributed by atoms with Gasteiger partial charge in [0.1, 0.15) is 5.76 Å². The van der Waals surface area contributed by atoms with Crippen molar-refractivity contribution in [2.45, 2.75) is 6.92 Å². The average Bonchev–Trinajstić information content (AvgIpc) is 2.47. The molecule has 1 heterocycles. The third kappa shape index (κ3) is 3.43. The Hall–Kier alpha value is -1.07. The summed E-state index contributed by atoms with van der Waals surface area (Å²) >= 11 is 0. The second kappa shape index (κ2) is 5.55. The van der Waals surface area contributed by atoms with Gasteiger partial charge in [0.25, 0.3) is 5.91 Å². The molecule has 1 aromatic rings. The fraction of sp³-hybridized carbons (Fsp3) is 0.429. The molecule has 0 aliphatic heterocycles. The van der Waals surface area contributed by atoms with Crippen molar-refractivity contribution in [1.29, 1.82) is 0 Å². The number of rotatable bonds is 3. The first-order valence-electron chi connectivity index (χ1n) is 3.65. The van der Waals surface area contributed by atoms with Gasteiger partial charge in [0, 0.05) is 19.2 Å². The minimum Gasteiger partial charge on any atom is -0.361 e. The summed E-state index contributed by atoms with van der Waals surface area (Å²) in [6.45, 7) is 2.60. The van der Waals surface area contributed by atoms with E-state index in [9.17, 15) is 4.79 Å². The predicted molar refractivity (Wildman–Crippen MR) is 49.9 cm³/mol. The maximum Gasteiger partial charge on any atom is 0.273 e. The van der Waals surface area contributed by atoms with Crippen LogP contribution in [0.25, 0.3) is 0 Å². The van der Waals surface area contributed by atoms with E-state index in [2.05, 4.69) is 10.5 Å². The van der Waals surface area contributed by atoms with Crippen molar-refractivity contribution in [3.05, 3.63) is 17.5 Å². The molecule has 0 atom stereocenters.